The first kappa shape index (κ1) is 49.9. The third kappa shape index (κ3) is 14.6. The third-order valence-corrected chi connectivity index (χ3v) is 9.38. The van der Waals surface area contributed by atoms with Crippen LogP contribution < -0.4 is 31.7 Å². The average molecular weight is 863 g/mol. The molecule has 2 aliphatic rings. The van der Waals surface area contributed by atoms with E-state index < -0.39 is 96.1 Å². The van der Waals surface area contributed by atoms with Gasteiger partial charge in [0.05, 0.1) is 23.8 Å². The minimum Gasteiger partial charge on any atom is -0.479 e. The summed E-state index contributed by atoms with van der Waals surface area (Å²) in [6.45, 7) is 6.68. The van der Waals surface area contributed by atoms with Crippen molar-refractivity contribution >= 4 is 60.8 Å². The second kappa shape index (κ2) is 23.0. The molecular weight excluding hydrogens is 807 g/mol. The number of unbranched alkanes of at least 4 members (excludes halogenated alkanes) is 1. The van der Waals surface area contributed by atoms with E-state index in [0.29, 0.717) is 23.3 Å². The van der Waals surface area contributed by atoms with Crippen LogP contribution >= 0.6 is 0 Å². The molecule has 23 heteroatoms. The van der Waals surface area contributed by atoms with Crippen LogP contribution in [0.3, 0.4) is 0 Å². The number of hydrogen-bond acceptors (Lipinski definition) is 16. The quantitative estimate of drug-likeness (QED) is 0.0304. The molecule has 0 saturated carbocycles. The maximum atomic E-state index is 13.5. The molecule has 1 aromatic carbocycles. The standard InChI is InChI=1S/C38H55BN6O16/c1-19(2)59-18-38(3,4)36(56)42-13-6-5-7-21(44-33(53)23(16-40)45-26(47)10-11-27(45)48)32(52)41-14-12-25(46)43-22-15-20(17-58-37(39)57)8-9-24(22)60-35-30(51)28(49)29(50)31(61-35)34(54)55/h8-11,15,19,21,23,28-31,35,49-51H,5-7,12-14,16-18,39-40H2,1-4H3,(H,41,52)(H,42,56)(H,43,46)(H,44,53)(H,54,55)/t21?,23?,28-,29-,30+,31-,35+/m0/s1. The molecule has 0 aliphatic carbocycles. The van der Waals surface area contributed by atoms with Crippen molar-refractivity contribution in [2.24, 2.45) is 11.1 Å². The molecule has 0 aromatic heterocycles. The second-order valence-corrected chi connectivity index (χ2v) is 15.2. The Morgan fingerprint density at radius 3 is 2.23 bits per heavy atom. The van der Waals surface area contributed by atoms with Crippen molar-refractivity contribution < 1.29 is 77.7 Å². The minimum absolute atomic E-state index is 0.0380. The zero-order chi connectivity index (χ0) is 45.6. The molecule has 1 saturated heterocycles. The summed E-state index contributed by atoms with van der Waals surface area (Å²) in [5, 5.41) is 50.6. The van der Waals surface area contributed by atoms with Gasteiger partial charge in [0.1, 0.15) is 42.8 Å². The van der Waals surface area contributed by atoms with E-state index in [0.717, 1.165) is 12.2 Å². The Morgan fingerprint density at radius 2 is 1.62 bits per heavy atom. The summed E-state index contributed by atoms with van der Waals surface area (Å²) < 4.78 is 21.4. The fraction of sp³-hybridized carbons (Fsp3) is 0.579. The number of ether oxygens (including phenoxy) is 4. The number of rotatable bonds is 23. The zero-order valence-corrected chi connectivity index (χ0v) is 34.6. The molecule has 0 bridgehead atoms. The number of carbonyl (C=O) groups excluding carboxylic acids is 7. The van der Waals surface area contributed by atoms with Crippen molar-refractivity contribution in [2.45, 2.75) is 109 Å². The molecule has 0 spiro atoms. The lowest BCUT2D eigenvalue weighted by molar-refractivity contribution is -0.271. The summed E-state index contributed by atoms with van der Waals surface area (Å²) in [6, 6.07) is 1.39. The van der Waals surface area contributed by atoms with Gasteiger partial charge in [-0.1, -0.05) is 6.07 Å². The number of aliphatic hydroxyl groups excluding tert-OH is 3. The number of amides is 6. The molecule has 2 unspecified atom stereocenters. The van der Waals surface area contributed by atoms with Gasteiger partial charge in [0.25, 0.3) is 11.8 Å². The van der Waals surface area contributed by atoms with Gasteiger partial charge >= 0.3 is 5.97 Å². The van der Waals surface area contributed by atoms with Gasteiger partial charge in [-0.3, -0.25) is 38.5 Å². The Kier molecular flexibility index (Phi) is 18.8. The number of nitrogens with zero attached hydrogens (tertiary/aromatic N) is 1. The number of hydrogen-bond donors (Lipinski definition) is 9. The number of carboxylic acid groups (broad SMARTS) is 1. The van der Waals surface area contributed by atoms with Gasteiger partial charge in [0.2, 0.25) is 43.6 Å². The first-order valence-electron chi connectivity index (χ1n) is 19.5. The highest BCUT2D eigenvalue weighted by atomic mass is 16.7. The number of aliphatic hydroxyl groups is 3. The Balaban J connectivity index is 1.70. The number of nitrogens with one attached hydrogen (secondary N) is 4. The molecule has 0 radical (unpaired) electrons. The van der Waals surface area contributed by atoms with E-state index in [1.807, 2.05) is 13.8 Å². The van der Waals surface area contributed by atoms with E-state index in [1.165, 1.54) is 26.0 Å². The van der Waals surface area contributed by atoms with Crippen LogP contribution in [0.4, 0.5) is 10.5 Å². The number of imide groups is 1. The zero-order valence-electron chi connectivity index (χ0n) is 34.6. The Labute approximate surface area is 352 Å². The lowest BCUT2D eigenvalue weighted by Gasteiger charge is -2.38. The summed E-state index contributed by atoms with van der Waals surface area (Å²) in [5.41, 5.74) is 5.24. The first-order valence-corrected chi connectivity index (χ1v) is 19.5. The van der Waals surface area contributed by atoms with Crippen molar-refractivity contribution in [3.8, 4) is 5.75 Å². The van der Waals surface area contributed by atoms with Crippen molar-refractivity contribution in [1.82, 2.24) is 20.9 Å². The topological polar surface area (TPSA) is 332 Å². The second-order valence-electron chi connectivity index (χ2n) is 15.2. The van der Waals surface area contributed by atoms with Gasteiger partial charge in [-0.05, 0) is 64.7 Å². The fourth-order valence-electron chi connectivity index (χ4n) is 5.90. The van der Waals surface area contributed by atoms with Crippen LogP contribution in [0, 0.1) is 5.41 Å². The Bertz CT molecular complexity index is 1790. The van der Waals surface area contributed by atoms with Crippen LogP contribution in [-0.4, -0.2) is 156 Å². The smallest absolute Gasteiger partial charge is 0.335 e. The molecule has 1 fully saturated rings. The molecule has 22 nitrogen and oxygen atoms in total. The van der Waals surface area contributed by atoms with E-state index in [9.17, 15) is 58.8 Å². The monoisotopic (exact) mass is 862 g/mol. The van der Waals surface area contributed by atoms with Crippen molar-refractivity contribution in [1.29, 1.82) is 0 Å². The molecule has 10 N–H and O–H groups in total. The van der Waals surface area contributed by atoms with Gasteiger partial charge in [-0.25, -0.2) is 4.79 Å². The minimum atomic E-state index is -1.99. The van der Waals surface area contributed by atoms with E-state index in [4.69, 9.17) is 24.7 Å². The molecule has 61 heavy (non-hydrogen) atoms. The lowest BCUT2D eigenvalue weighted by Crippen LogP contribution is -2.61. The molecule has 2 heterocycles. The Morgan fingerprint density at radius 1 is 0.951 bits per heavy atom. The van der Waals surface area contributed by atoms with E-state index >= 15 is 0 Å². The number of carboxylic acids is 1. The van der Waals surface area contributed by atoms with Gasteiger partial charge in [0, 0.05) is 38.2 Å². The largest absolute Gasteiger partial charge is 0.479 e. The lowest BCUT2D eigenvalue weighted by atomic mass is 9.93. The maximum absolute atomic E-state index is 13.5. The van der Waals surface area contributed by atoms with E-state index in [2.05, 4.69) is 21.3 Å². The molecule has 7 atom stereocenters. The summed E-state index contributed by atoms with van der Waals surface area (Å²) in [4.78, 5) is 101. The van der Waals surface area contributed by atoms with Crippen molar-refractivity contribution in [2.75, 3.05) is 31.6 Å². The van der Waals surface area contributed by atoms with Crippen LogP contribution in [0.2, 0.25) is 0 Å². The summed E-state index contributed by atoms with van der Waals surface area (Å²) in [5.74, 6) is -6.51. The number of anilines is 1. The molecule has 6 amide bonds. The van der Waals surface area contributed by atoms with Gasteiger partial charge in [-0.15, -0.1) is 0 Å². The van der Waals surface area contributed by atoms with Crippen LogP contribution in [0.25, 0.3) is 0 Å². The van der Waals surface area contributed by atoms with E-state index in [-0.39, 0.29) is 62.6 Å². The predicted molar refractivity (Wildman–Crippen MR) is 214 cm³/mol. The van der Waals surface area contributed by atoms with Crippen LogP contribution in [0.15, 0.2) is 30.4 Å². The van der Waals surface area contributed by atoms with Crippen LogP contribution in [-0.2, 0) is 54.4 Å². The van der Waals surface area contributed by atoms with Crippen LogP contribution in [0.5, 0.6) is 5.75 Å². The SMILES string of the molecule is BC(=O)OCc1ccc(O[C@@H]2O[C@H](C(=O)O)[C@@H](O)[C@H](O)[C@H]2O)c(NC(=O)CCNC(=O)C(CCCCNC(=O)C(C)(C)COC(C)C)NC(=O)C(CN)N2C(=O)C=CC2=O)c1. The summed E-state index contributed by atoms with van der Waals surface area (Å²) in [7, 11) is 1.18. The first-order chi connectivity index (χ1) is 28.7. The molecule has 2 aliphatic heterocycles. The van der Waals surface area contributed by atoms with Crippen molar-refractivity contribution in [3.63, 3.8) is 0 Å². The summed E-state index contributed by atoms with van der Waals surface area (Å²) in [6.07, 6.45) is -7.41. The number of carbonyl (C=O) groups is 8. The Hall–Kier alpha value is -5.46. The highest BCUT2D eigenvalue weighted by Crippen LogP contribution is 2.31. The number of nitrogens with two attached hydrogens (primary N) is 1. The van der Waals surface area contributed by atoms with Gasteiger partial charge < -0.3 is 66.4 Å². The average Bonchev–Trinajstić information content (AvgIpc) is 3.52. The molecule has 336 valence electrons. The summed E-state index contributed by atoms with van der Waals surface area (Å²) >= 11 is 0. The highest BCUT2D eigenvalue weighted by molar-refractivity contribution is 6.55. The van der Waals surface area contributed by atoms with Gasteiger partial charge in [-0.2, -0.15) is 0 Å². The number of benzene rings is 1. The normalized spacial score (nSPS) is 21.1. The molecule has 1 aromatic rings. The van der Waals surface area contributed by atoms with Crippen LogP contribution in [0.1, 0.15) is 58.9 Å². The number of aliphatic carboxylic acids is 1. The van der Waals surface area contributed by atoms with Crippen molar-refractivity contribution in [3.05, 3.63) is 35.9 Å². The third-order valence-electron chi connectivity index (χ3n) is 9.38. The predicted octanol–water partition coefficient (Wildman–Crippen LogP) is -2.85. The highest BCUT2D eigenvalue weighted by Gasteiger charge is 2.48. The van der Waals surface area contributed by atoms with Gasteiger partial charge in [0.15, 0.2) is 6.10 Å². The molecular formula is C38H55BN6O16. The maximum Gasteiger partial charge on any atom is 0.335 e. The van der Waals surface area contributed by atoms with E-state index in [1.54, 1.807) is 13.8 Å². The molecule has 3 rings (SSSR count). The fourth-order valence-corrected chi connectivity index (χ4v) is 5.90.